The van der Waals surface area contributed by atoms with Crippen molar-refractivity contribution in [2.75, 3.05) is 63.5 Å². The molecule has 2 saturated heterocycles. The predicted molar refractivity (Wildman–Crippen MR) is 174 cm³/mol. The second-order valence-corrected chi connectivity index (χ2v) is 12.1. The Bertz CT molecular complexity index is 1730. The van der Waals surface area contributed by atoms with E-state index < -0.39 is 0 Å². The first-order valence-corrected chi connectivity index (χ1v) is 15.9. The van der Waals surface area contributed by atoms with Gasteiger partial charge in [-0.1, -0.05) is 0 Å². The number of halogens is 1. The Hall–Kier alpha value is -4.65. The van der Waals surface area contributed by atoms with Gasteiger partial charge in [0.15, 0.2) is 17.3 Å². The summed E-state index contributed by atoms with van der Waals surface area (Å²) in [5, 5.41) is 16.7. The summed E-state index contributed by atoms with van der Waals surface area (Å²) < 4.78 is 33.8. The molecule has 3 N–H and O–H groups in total. The van der Waals surface area contributed by atoms with Crippen LogP contribution in [0.2, 0.25) is 0 Å². The van der Waals surface area contributed by atoms with Crippen molar-refractivity contribution in [2.45, 2.75) is 51.0 Å². The standard InChI is InChI=1S/C33H40FN9O3/c1-44-26-17-20-7-6-8-21-18-27(38-39-29(21)28(20)31(46-3)30(26)45-2)43-32(35)37-33(40-43)36-22-9-10-25(24(34)19-22)42-15-11-23(12-16-42)41-13-4-5-14-41/h9-10,17-19,23H,4-8,11-16H2,1-3H3,(H3,35,36,37,40). The van der Waals surface area contributed by atoms with E-state index in [2.05, 4.69) is 35.4 Å². The second-order valence-electron chi connectivity index (χ2n) is 12.1. The molecule has 2 fully saturated rings. The maximum absolute atomic E-state index is 15.3. The smallest absolute Gasteiger partial charge is 0.248 e. The highest BCUT2D eigenvalue weighted by Gasteiger charge is 2.29. The zero-order valence-corrected chi connectivity index (χ0v) is 26.6. The molecule has 12 nitrogen and oxygen atoms in total. The van der Waals surface area contributed by atoms with Gasteiger partial charge in [-0.2, -0.15) is 9.67 Å². The van der Waals surface area contributed by atoms with Crippen LogP contribution in [0.3, 0.4) is 0 Å². The first kappa shape index (κ1) is 30.0. The number of benzene rings is 2. The highest BCUT2D eigenvalue weighted by Crippen LogP contribution is 2.48. The Morgan fingerprint density at radius 3 is 2.35 bits per heavy atom. The van der Waals surface area contributed by atoms with E-state index in [1.54, 1.807) is 21.3 Å². The number of anilines is 4. The number of aromatic nitrogens is 5. The molecule has 13 heteroatoms. The van der Waals surface area contributed by atoms with Crippen molar-refractivity contribution in [3.05, 3.63) is 47.3 Å². The monoisotopic (exact) mass is 629 g/mol. The van der Waals surface area contributed by atoms with E-state index in [0.29, 0.717) is 46.2 Å². The molecule has 0 atom stereocenters. The third kappa shape index (κ3) is 5.52. The number of aryl methyl sites for hydroxylation is 2. The number of rotatable bonds is 8. The number of likely N-dealkylation sites (tertiary alicyclic amines) is 1. The van der Waals surface area contributed by atoms with Crippen molar-refractivity contribution in [3.8, 4) is 34.3 Å². The summed E-state index contributed by atoms with van der Waals surface area (Å²) >= 11 is 0. The number of ether oxygens (including phenoxy) is 3. The molecule has 4 aromatic rings. The SMILES string of the molecule is COc1cc2c(c(OC)c1OC)-c1nnc(-n3nc(Nc4ccc(N5CCC(N6CCCC6)CC5)c(F)c4)nc3N)cc1CCC2. The minimum atomic E-state index is -0.279. The van der Waals surface area contributed by atoms with Crippen LogP contribution in [0.15, 0.2) is 30.3 Å². The van der Waals surface area contributed by atoms with Crippen molar-refractivity contribution < 1.29 is 18.6 Å². The molecule has 0 saturated carbocycles. The minimum absolute atomic E-state index is 0.132. The van der Waals surface area contributed by atoms with Crippen molar-refractivity contribution >= 4 is 23.3 Å². The number of nitrogen functional groups attached to an aromatic ring is 1. The predicted octanol–water partition coefficient (Wildman–Crippen LogP) is 4.77. The number of nitrogens with one attached hydrogen (secondary N) is 1. The van der Waals surface area contributed by atoms with Gasteiger partial charge in [0, 0.05) is 24.8 Å². The third-order valence-electron chi connectivity index (χ3n) is 9.42. The van der Waals surface area contributed by atoms with Crippen molar-refractivity contribution in [1.29, 1.82) is 0 Å². The fourth-order valence-electron chi connectivity index (χ4n) is 7.15. The zero-order valence-electron chi connectivity index (χ0n) is 26.6. The molecule has 2 aliphatic heterocycles. The van der Waals surface area contributed by atoms with Crippen LogP contribution in [0.1, 0.15) is 43.2 Å². The number of hydrogen-bond donors (Lipinski definition) is 2. The minimum Gasteiger partial charge on any atom is -0.493 e. The Kier molecular flexibility index (Phi) is 8.24. The van der Waals surface area contributed by atoms with Crippen LogP contribution in [-0.4, -0.2) is 83.4 Å². The van der Waals surface area contributed by atoms with E-state index in [4.69, 9.17) is 19.9 Å². The highest BCUT2D eigenvalue weighted by molar-refractivity contribution is 5.80. The molecule has 4 heterocycles. The normalized spacial score (nSPS) is 16.9. The molecule has 242 valence electrons. The van der Waals surface area contributed by atoms with Gasteiger partial charge in [0.25, 0.3) is 0 Å². The van der Waals surface area contributed by atoms with E-state index in [9.17, 15) is 0 Å². The maximum Gasteiger partial charge on any atom is 0.248 e. The molecule has 3 aliphatic rings. The van der Waals surface area contributed by atoms with E-state index in [0.717, 1.165) is 61.9 Å². The van der Waals surface area contributed by atoms with Crippen LogP contribution >= 0.6 is 0 Å². The van der Waals surface area contributed by atoms with Gasteiger partial charge >= 0.3 is 0 Å². The Labute approximate surface area is 267 Å². The largest absolute Gasteiger partial charge is 0.493 e. The lowest BCUT2D eigenvalue weighted by Gasteiger charge is -2.37. The average Bonchev–Trinajstić information content (AvgIpc) is 3.70. The van der Waals surface area contributed by atoms with Gasteiger partial charge < -0.3 is 35.1 Å². The first-order chi connectivity index (χ1) is 22.5. The second kappa shape index (κ2) is 12.6. The van der Waals surface area contributed by atoms with Gasteiger partial charge in [0.05, 0.1) is 32.6 Å². The van der Waals surface area contributed by atoms with Crippen LogP contribution in [0, 0.1) is 5.82 Å². The molecule has 0 bridgehead atoms. The lowest BCUT2D eigenvalue weighted by atomic mass is 9.99. The Morgan fingerprint density at radius 1 is 0.870 bits per heavy atom. The van der Waals surface area contributed by atoms with Gasteiger partial charge in [0.2, 0.25) is 17.6 Å². The van der Waals surface area contributed by atoms with Gasteiger partial charge in [-0.15, -0.1) is 15.3 Å². The lowest BCUT2D eigenvalue weighted by Crippen LogP contribution is -2.44. The number of nitrogens with zero attached hydrogens (tertiary/aromatic N) is 7. The lowest BCUT2D eigenvalue weighted by molar-refractivity contribution is 0.207. The number of hydrogen-bond acceptors (Lipinski definition) is 11. The van der Waals surface area contributed by atoms with Crippen LogP contribution in [0.25, 0.3) is 17.1 Å². The van der Waals surface area contributed by atoms with Crippen molar-refractivity contribution in [1.82, 2.24) is 29.9 Å². The van der Waals surface area contributed by atoms with E-state index in [1.807, 2.05) is 24.3 Å². The van der Waals surface area contributed by atoms with Crippen molar-refractivity contribution in [2.24, 2.45) is 0 Å². The first-order valence-electron chi connectivity index (χ1n) is 15.9. The summed E-state index contributed by atoms with van der Waals surface area (Å²) in [4.78, 5) is 9.11. The molecular weight excluding hydrogens is 589 g/mol. The molecule has 1 aliphatic carbocycles. The number of fused-ring (bicyclic) bond motifs is 3. The molecule has 0 spiro atoms. The average molecular weight is 630 g/mol. The van der Waals surface area contributed by atoms with E-state index in [1.165, 1.54) is 36.7 Å². The summed E-state index contributed by atoms with van der Waals surface area (Å²) in [5.41, 5.74) is 11.0. The number of piperidine rings is 1. The summed E-state index contributed by atoms with van der Waals surface area (Å²) in [6.07, 6.45) is 7.18. The molecule has 7 rings (SSSR count). The summed E-state index contributed by atoms with van der Waals surface area (Å²) in [6.45, 7) is 4.11. The molecule has 46 heavy (non-hydrogen) atoms. The zero-order chi connectivity index (χ0) is 31.8. The van der Waals surface area contributed by atoms with Crippen molar-refractivity contribution in [3.63, 3.8) is 0 Å². The molecule has 0 unspecified atom stereocenters. The van der Waals surface area contributed by atoms with Crippen LogP contribution in [0.5, 0.6) is 17.2 Å². The molecular formula is C33H40FN9O3. The van der Waals surface area contributed by atoms with Crippen LogP contribution in [0.4, 0.5) is 27.7 Å². The molecule has 0 radical (unpaired) electrons. The summed E-state index contributed by atoms with van der Waals surface area (Å²) in [7, 11) is 4.79. The molecule has 0 amide bonds. The van der Waals surface area contributed by atoms with Crippen LogP contribution < -0.4 is 30.2 Å². The molecule has 2 aromatic heterocycles. The van der Waals surface area contributed by atoms with Gasteiger partial charge in [0.1, 0.15) is 11.5 Å². The quantitative estimate of drug-likeness (QED) is 0.280. The number of methoxy groups -OCH3 is 3. The fourth-order valence-corrected chi connectivity index (χ4v) is 7.15. The number of nitrogens with two attached hydrogens (primary N) is 1. The summed E-state index contributed by atoms with van der Waals surface area (Å²) in [6, 6.07) is 9.66. The third-order valence-corrected chi connectivity index (χ3v) is 9.42. The van der Waals surface area contributed by atoms with E-state index >= 15 is 4.39 Å². The topological polar surface area (TPSA) is 129 Å². The van der Waals surface area contributed by atoms with Gasteiger partial charge in [-0.05, 0) is 99.5 Å². The molecule has 2 aromatic carbocycles. The Morgan fingerprint density at radius 2 is 1.63 bits per heavy atom. The Balaban J connectivity index is 1.10. The van der Waals surface area contributed by atoms with Crippen LogP contribution in [-0.2, 0) is 12.8 Å². The van der Waals surface area contributed by atoms with Gasteiger partial charge in [-0.25, -0.2) is 4.39 Å². The maximum atomic E-state index is 15.3. The summed E-state index contributed by atoms with van der Waals surface area (Å²) in [5.74, 6) is 2.18. The van der Waals surface area contributed by atoms with E-state index in [-0.39, 0.29) is 17.7 Å². The fraction of sp³-hybridized carbons (Fsp3) is 0.455. The van der Waals surface area contributed by atoms with Gasteiger partial charge in [-0.3, -0.25) is 0 Å². The highest BCUT2D eigenvalue weighted by atomic mass is 19.1.